The highest BCUT2D eigenvalue weighted by Crippen LogP contribution is 2.44. The maximum Gasteiger partial charge on any atom is -0.0104 e. The standard InChI is InChI=1S/C40H62/c1-31(19-13-21-33(3)25-27-37-35(5)23-15-29-39(37,7)8)17-11-12-18-32(2)20-14-22-34(4)26-28-38-36(6)24-16-30-40(38,9)10/h11-14,17,19-20,22-23,26,28,32-33,37H,15-16,18,21,24-25,27,29-30H2,1-10H3/b12-11+,19-13-,20-14+,28-26+,31-17+,34-22+/t32?,33?,37-/m0/s1. The van der Waals surface area contributed by atoms with Crippen LogP contribution in [0.25, 0.3) is 0 Å². The maximum absolute atomic E-state index is 2.48. The molecule has 0 nitrogen and oxygen atoms in total. The summed E-state index contributed by atoms with van der Waals surface area (Å²) in [5.41, 5.74) is 8.13. The third kappa shape index (κ3) is 11.8. The Kier molecular flexibility index (Phi) is 14.0. The minimum atomic E-state index is 0.305. The minimum Gasteiger partial charge on any atom is -0.0853 e. The second-order valence-electron chi connectivity index (χ2n) is 14.5. The Morgan fingerprint density at radius 2 is 1.62 bits per heavy atom. The summed E-state index contributed by atoms with van der Waals surface area (Å²) < 4.78 is 0. The van der Waals surface area contributed by atoms with Gasteiger partial charge in [0.2, 0.25) is 0 Å². The van der Waals surface area contributed by atoms with Gasteiger partial charge in [0.15, 0.2) is 0 Å². The molecule has 222 valence electrons. The normalized spacial score (nSPS) is 24.1. The zero-order valence-electron chi connectivity index (χ0n) is 27.9. The lowest BCUT2D eigenvalue weighted by Crippen LogP contribution is -2.28. The zero-order chi connectivity index (χ0) is 29.8. The van der Waals surface area contributed by atoms with Crippen LogP contribution in [0.5, 0.6) is 0 Å². The van der Waals surface area contributed by atoms with E-state index in [1.807, 2.05) is 0 Å². The van der Waals surface area contributed by atoms with E-state index in [2.05, 4.69) is 136 Å². The van der Waals surface area contributed by atoms with E-state index in [1.54, 1.807) is 11.1 Å². The van der Waals surface area contributed by atoms with Crippen molar-refractivity contribution in [3.8, 4) is 0 Å². The first kappa shape index (κ1) is 34.1. The molecule has 2 rings (SSSR count). The molecule has 0 radical (unpaired) electrons. The van der Waals surface area contributed by atoms with Crippen molar-refractivity contribution in [1.29, 1.82) is 0 Å². The lowest BCUT2D eigenvalue weighted by atomic mass is 9.66. The van der Waals surface area contributed by atoms with Crippen molar-refractivity contribution in [2.75, 3.05) is 0 Å². The molecule has 0 saturated carbocycles. The van der Waals surface area contributed by atoms with E-state index in [9.17, 15) is 0 Å². The van der Waals surface area contributed by atoms with Gasteiger partial charge in [-0.2, -0.15) is 0 Å². The largest absolute Gasteiger partial charge is 0.0853 e. The summed E-state index contributed by atoms with van der Waals surface area (Å²) in [4.78, 5) is 0. The Bertz CT molecular complexity index is 1040. The van der Waals surface area contributed by atoms with Gasteiger partial charge in [-0.3, -0.25) is 0 Å². The van der Waals surface area contributed by atoms with Crippen molar-refractivity contribution < 1.29 is 0 Å². The van der Waals surface area contributed by atoms with E-state index in [-0.39, 0.29) is 0 Å². The molecule has 2 aliphatic rings. The molecule has 2 aliphatic carbocycles. The van der Waals surface area contributed by atoms with Crippen LogP contribution in [0.3, 0.4) is 0 Å². The van der Waals surface area contributed by atoms with Crippen molar-refractivity contribution in [2.45, 2.75) is 127 Å². The fourth-order valence-electron chi connectivity index (χ4n) is 6.60. The topological polar surface area (TPSA) is 0 Å². The predicted molar refractivity (Wildman–Crippen MR) is 181 cm³/mol. The average molecular weight is 543 g/mol. The lowest BCUT2D eigenvalue weighted by molar-refractivity contribution is 0.194. The fourth-order valence-corrected chi connectivity index (χ4v) is 6.60. The van der Waals surface area contributed by atoms with Crippen molar-refractivity contribution in [3.63, 3.8) is 0 Å². The predicted octanol–water partition coefficient (Wildman–Crippen LogP) is 12.8. The van der Waals surface area contributed by atoms with E-state index in [4.69, 9.17) is 0 Å². The first-order chi connectivity index (χ1) is 18.8. The Morgan fingerprint density at radius 1 is 0.925 bits per heavy atom. The van der Waals surface area contributed by atoms with Crippen molar-refractivity contribution in [3.05, 3.63) is 94.7 Å². The van der Waals surface area contributed by atoms with Gasteiger partial charge in [0.05, 0.1) is 0 Å². The van der Waals surface area contributed by atoms with Crippen LogP contribution >= 0.6 is 0 Å². The Morgan fingerprint density at radius 3 is 2.33 bits per heavy atom. The van der Waals surface area contributed by atoms with Crippen LogP contribution in [0.2, 0.25) is 0 Å². The molecule has 3 atom stereocenters. The quantitative estimate of drug-likeness (QED) is 0.160. The molecule has 0 amide bonds. The molecule has 0 aliphatic heterocycles. The molecule has 0 heteroatoms. The van der Waals surface area contributed by atoms with Crippen LogP contribution in [0.15, 0.2) is 94.7 Å². The second-order valence-corrected chi connectivity index (χ2v) is 14.5. The van der Waals surface area contributed by atoms with Crippen LogP contribution in [0.1, 0.15) is 127 Å². The molecule has 0 N–H and O–H groups in total. The van der Waals surface area contributed by atoms with Crippen LogP contribution < -0.4 is 0 Å². The highest BCUT2D eigenvalue weighted by molar-refractivity contribution is 5.36. The van der Waals surface area contributed by atoms with Crippen LogP contribution in [-0.4, -0.2) is 0 Å². The number of rotatable bonds is 13. The van der Waals surface area contributed by atoms with Crippen molar-refractivity contribution >= 4 is 0 Å². The van der Waals surface area contributed by atoms with Gasteiger partial charge in [-0.25, -0.2) is 0 Å². The molecule has 0 heterocycles. The summed E-state index contributed by atoms with van der Waals surface area (Å²) in [5.74, 6) is 2.03. The third-order valence-corrected chi connectivity index (χ3v) is 9.47. The smallest absolute Gasteiger partial charge is 0.0104 e. The Labute approximate surface area is 249 Å². The highest BCUT2D eigenvalue weighted by Gasteiger charge is 2.32. The highest BCUT2D eigenvalue weighted by atomic mass is 14.4. The fraction of sp³-hybridized carbons (Fsp3) is 0.600. The van der Waals surface area contributed by atoms with Crippen LogP contribution in [0, 0.1) is 28.6 Å². The number of hydrogen-bond acceptors (Lipinski definition) is 0. The number of allylic oxidation sites excluding steroid dienone is 16. The number of hydrogen-bond donors (Lipinski definition) is 0. The molecule has 0 aromatic heterocycles. The van der Waals surface area contributed by atoms with E-state index in [1.165, 1.54) is 68.1 Å². The molecule has 0 spiro atoms. The molecule has 0 aromatic carbocycles. The summed E-state index contributed by atoms with van der Waals surface area (Å²) in [5, 5.41) is 0. The van der Waals surface area contributed by atoms with Gasteiger partial charge < -0.3 is 0 Å². The molecule has 0 saturated heterocycles. The Balaban J connectivity index is 1.73. The van der Waals surface area contributed by atoms with Gasteiger partial charge in [-0.15, -0.1) is 0 Å². The summed E-state index contributed by atoms with van der Waals surface area (Å²) >= 11 is 0. The van der Waals surface area contributed by atoms with E-state index in [0.717, 1.165) is 18.3 Å². The summed E-state index contributed by atoms with van der Waals surface area (Å²) in [7, 11) is 0. The first-order valence-electron chi connectivity index (χ1n) is 16.2. The molecular weight excluding hydrogens is 480 g/mol. The molecule has 0 bridgehead atoms. The second kappa shape index (κ2) is 16.4. The minimum absolute atomic E-state index is 0.305. The van der Waals surface area contributed by atoms with Gasteiger partial charge in [0, 0.05) is 0 Å². The van der Waals surface area contributed by atoms with Gasteiger partial charge in [-0.1, -0.05) is 131 Å². The summed E-state index contributed by atoms with van der Waals surface area (Å²) in [6.07, 6.45) is 36.7. The van der Waals surface area contributed by atoms with Crippen LogP contribution in [0.4, 0.5) is 0 Å². The molecule has 40 heavy (non-hydrogen) atoms. The summed E-state index contributed by atoms with van der Waals surface area (Å²) in [6.45, 7) is 23.5. The van der Waals surface area contributed by atoms with Crippen LogP contribution in [-0.2, 0) is 0 Å². The van der Waals surface area contributed by atoms with Crippen molar-refractivity contribution in [1.82, 2.24) is 0 Å². The lowest BCUT2D eigenvalue weighted by Gasteiger charge is -2.39. The third-order valence-electron chi connectivity index (χ3n) is 9.47. The van der Waals surface area contributed by atoms with Crippen molar-refractivity contribution in [2.24, 2.45) is 28.6 Å². The first-order valence-corrected chi connectivity index (χ1v) is 16.2. The SMILES string of the molecule is CC1=CCCC(C)(C)[C@H]1CCC(C)C\C=C/C(C)=C/C=C/CC(C)/C=C/C=C(C)/C=C/C1=C(C)CCCC1(C)C. The monoisotopic (exact) mass is 542 g/mol. The van der Waals surface area contributed by atoms with E-state index in [0.29, 0.717) is 16.7 Å². The molecule has 0 fully saturated rings. The van der Waals surface area contributed by atoms with E-state index >= 15 is 0 Å². The van der Waals surface area contributed by atoms with Gasteiger partial charge >= 0.3 is 0 Å². The van der Waals surface area contributed by atoms with Gasteiger partial charge in [0.25, 0.3) is 0 Å². The average Bonchev–Trinajstić information content (AvgIpc) is 2.85. The maximum atomic E-state index is 2.48. The summed E-state index contributed by atoms with van der Waals surface area (Å²) in [6, 6.07) is 0. The molecular formula is C40H62. The molecule has 0 aromatic rings. The Hall–Kier alpha value is -2.08. The van der Waals surface area contributed by atoms with Gasteiger partial charge in [-0.05, 0) is 120 Å². The van der Waals surface area contributed by atoms with Gasteiger partial charge in [0.1, 0.15) is 0 Å². The molecule has 2 unspecified atom stereocenters. The van der Waals surface area contributed by atoms with E-state index < -0.39 is 0 Å². The zero-order valence-corrected chi connectivity index (χ0v) is 27.9.